The summed E-state index contributed by atoms with van der Waals surface area (Å²) in [5.74, 6) is -0.994. The van der Waals surface area contributed by atoms with Gasteiger partial charge in [0.05, 0.1) is 6.42 Å². The van der Waals surface area contributed by atoms with Gasteiger partial charge in [-0.15, -0.1) is 0 Å². The fourth-order valence-electron chi connectivity index (χ4n) is 2.72. The summed E-state index contributed by atoms with van der Waals surface area (Å²) in [4.78, 5) is 15.0. The predicted molar refractivity (Wildman–Crippen MR) is 80.3 cm³/mol. The molecular weight excluding hydrogens is 360 g/mol. The lowest BCUT2D eigenvalue weighted by atomic mass is 9.80. The third-order valence-corrected chi connectivity index (χ3v) is 5.62. The highest BCUT2D eigenvalue weighted by atomic mass is 79.9. The molecule has 116 valence electrons. The van der Waals surface area contributed by atoms with Gasteiger partial charge in [0.1, 0.15) is 4.90 Å². The number of nitrogens with zero attached hydrogens (tertiary/aromatic N) is 1. The van der Waals surface area contributed by atoms with Crippen molar-refractivity contribution in [3.05, 3.63) is 22.9 Å². The lowest BCUT2D eigenvalue weighted by Gasteiger charge is -2.36. The largest absolute Gasteiger partial charge is 0.481 e. The second-order valence-electron chi connectivity index (χ2n) is 5.36. The van der Waals surface area contributed by atoms with Crippen molar-refractivity contribution in [1.29, 1.82) is 0 Å². The average Bonchev–Trinajstić information content (AvgIpc) is 2.38. The number of carboxylic acids is 1. The summed E-state index contributed by atoms with van der Waals surface area (Å²) < 4.78 is 28.1. The number of carbonyl (C=O) groups is 1. The topological polar surface area (TPSA) is 96.4 Å². The van der Waals surface area contributed by atoms with Crippen molar-refractivity contribution in [3.63, 3.8) is 0 Å². The number of carboxylic acid groups (broad SMARTS) is 1. The minimum absolute atomic E-state index is 0.0345. The van der Waals surface area contributed by atoms with Gasteiger partial charge in [-0.1, -0.05) is 19.3 Å². The molecule has 1 aliphatic carbocycles. The number of hydrogen-bond acceptors (Lipinski definition) is 4. The number of nitrogens with one attached hydrogen (secondary N) is 1. The first-order valence-corrected chi connectivity index (χ1v) is 8.97. The van der Waals surface area contributed by atoms with Crippen LogP contribution < -0.4 is 4.72 Å². The van der Waals surface area contributed by atoms with Crippen molar-refractivity contribution in [2.24, 2.45) is 0 Å². The highest BCUT2D eigenvalue weighted by Gasteiger charge is 2.38. The van der Waals surface area contributed by atoms with Crippen molar-refractivity contribution in [1.82, 2.24) is 9.71 Å². The van der Waals surface area contributed by atoms with Crippen LogP contribution in [0.4, 0.5) is 0 Å². The summed E-state index contributed by atoms with van der Waals surface area (Å²) in [6, 6.07) is 1.45. The molecule has 0 aliphatic heterocycles. The fraction of sp³-hybridized carbons (Fsp3) is 0.538. The maximum Gasteiger partial charge on any atom is 0.305 e. The Balaban J connectivity index is 2.28. The molecule has 1 fully saturated rings. The van der Waals surface area contributed by atoms with Gasteiger partial charge in [0.15, 0.2) is 0 Å². The highest BCUT2D eigenvalue weighted by molar-refractivity contribution is 9.10. The van der Waals surface area contributed by atoms with Gasteiger partial charge >= 0.3 is 5.97 Å². The Morgan fingerprint density at radius 1 is 1.33 bits per heavy atom. The third-order valence-electron chi connectivity index (χ3n) is 3.64. The van der Waals surface area contributed by atoms with E-state index in [4.69, 9.17) is 5.11 Å². The summed E-state index contributed by atoms with van der Waals surface area (Å²) >= 11 is 3.18. The van der Waals surface area contributed by atoms with Crippen LogP contribution in [0.25, 0.3) is 0 Å². The van der Waals surface area contributed by atoms with Crippen LogP contribution in [0.15, 0.2) is 27.8 Å². The lowest BCUT2D eigenvalue weighted by molar-refractivity contribution is -0.138. The molecule has 0 unspecified atom stereocenters. The van der Waals surface area contributed by atoms with Gasteiger partial charge in [-0.2, -0.15) is 0 Å². The van der Waals surface area contributed by atoms with Crippen LogP contribution >= 0.6 is 15.9 Å². The Labute approximate surface area is 132 Å². The number of rotatable bonds is 5. The standard InChI is InChI=1S/C13H17BrN2O4S/c14-10-6-11(9-15-8-10)21(19,20)16-13(7-12(17)18)4-2-1-3-5-13/h6,8-9,16H,1-5,7H2,(H,17,18). The molecule has 1 heterocycles. The Morgan fingerprint density at radius 2 is 2.00 bits per heavy atom. The Kier molecular flexibility index (Phi) is 5.00. The minimum Gasteiger partial charge on any atom is -0.481 e. The van der Waals surface area contributed by atoms with Crippen LogP contribution in [-0.2, 0) is 14.8 Å². The van der Waals surface area contributed by atoms with Gasteiger partial charge < -0.3 is 5.11 Å². The van der Waals surface area contributed by atoms with Gasteiger partial charge in [0.25, 0.3) is 0 Å². The van der Waals surface area contributed by atoms with E-state index in [0.29, 0.717) is 17.3 Å². The number of pyridine rings is 1. The van der Waals surface area contributed by atoms with E-state index in [1.807, 2.05) is 0 Å². The number of hydrogen-bond donors (Lipinski definition) is 2. The third kappa shape index (κ3) is 4.24. The first kappa shape index (κ1) is 16.4. The minimum atomic E-state index is -3.79. The molecule has 1 saturated carbocycles. The molecule has 0 spiro atoms. The maximum absolute atomic E-state index is 12.5. The molecule has 21 heavy (non-hydrogen) atoms. The molecule has 1 aromatic heterocycles. The van der Waals surface area contributed by atoms with Gasteiger partial charge in [0, 0.05) is 22.4 Å². The van der Waals surface area contributed by atoms with E-state index in [1.54, 1.807) is 0 Å². The van der Waals surface area contributed by atoms with Crippen molar-refractivity contribution >= 4 is 31.9 Å². The molecule has 0 amide bonds. The average molecular weight is 377 g/mol. The molecule has 1 aromatic rings. The SMILES string of the molecule is O=C(O)CC1(NS(=O)(=O)c2cncc(Br)c2)CCCCC1. The summed E-state index contributed by atoms with van der Waals surface area (Å²) in [6.07, 6.45) is 6.28. The van der Waals surface area contributed by atoms with Gasteiger partial charge in [0.2, 0.25) is 10.0 Å². The number of aliphatic carboxylic acids is 1. The van der Waals surface area contributed by atoms with Crippen LogP contribution in [0.2, 0.25) is 0 Å². The van der Waals surface area contributed by atoms with E-state index < -0.39 is 21.5 Å². The summed E-state index contributed by atoms with van der Waals surface area (Å²) in [6.45, 7) is 0. The molecule has 0 radical (unpaired) electrons. The van der Waals surface area contributed by atoms with Crippen LogP contribution in [0.5, 0.6) is 0 Å². The Morgan fingerprint density at radius 3 is 2.57 bits per heavy atom. The van der Waals surface area contributed by atoms with E-state index >= 15 is 0 Å². The van der Waals surface area contributed by atoms with Crippen molar-refractivity contribution in [2.75, 3.05) is 0 Å². The first-order valence-electron chi connectivity index (χ1n) is 6.69. The molecule has 6 nitrogen and oxygen atoms in total. The molecule has 0 aromatic carbocycles. The zero-order valence-electron chi connectivity index (χ0n) is 11.4. The van der Waals surface area contributed by atoms with Crippen LogP contribution in [-0.4, -0.2) is 30.0 Å². The summed E-state index contributed by atoms with van der Waals surface area (Å²) in [5, 5.41) is 9.09. The van der Waals surface area contributed by atoms with Crippen LogP contribution in [0.3, 0.4) is 0 Å². The molecule has 0 saturated heterocycles. The van der Waals surface area contributed by atoms with Crippen molar-refractivity contribution in [2.45, 2.75) is 49.0 Å². The molecule has 2 N–H and O–H groups in total. The molecule has 8 heteroatoms. The van der Waals surface area contributed by atoms with E-state index in [0.717, 1.165) is 19.3 Å². The van der Waals surface area contributed by atoms with E-state index in [-0.39, 0.29) is 11.3 Å². The first-order chi connectivity index (χ1) is 9.83. The quantitative estimate of drug-likeness (QED) is 0.821. The van der Waals surface area contributed by atoms with Gasteiger partial charge in [-0.3, -0.25) is 9.78 Å². The second-order valence-corrected chi connectivity index (χ2v) is 7.95. The normalized spacial score (nSPS) is 18.3. The number of halogens is 1. The monoisotopic (exact) mass is 376 g/mol. The van der Waals surface area contributed by atoms with Crippen LogP contribution in [0.1, 0.15) is 38.5 Å². The van der Waals surface area contributed by atoms with Gasteiger partial charge in [-0.05, 0) is 34.8 Å². The lowest BCUT2D eigenvalue weighted by Crippen LogP contribution is -2.50. The van der Waals surface area contributed by atoms with Crippen LogP contribution in [0, 0.1) is 0 Å². The predicted octanol–water partition coefficient (Wildman–Crippen LogP) is 2.30. The molecular formula is C13H17BrN2O4S. The number of aromatic nitrogens is 1. The van der Waals surface area contributed by atoms with E-state index in [2.05, 4.69) is 25.6 Å². The maximum atomic E-state index is 12.5. The molecule has 2 rings (SSSR count). The zero-order valence-corrected chi connectivity index (χ0v) is 13.8. The zero-order chi connectivity index (χ0) is 15.5. The second kappa shape index (κ2) is 6.41. The smallest absolute Gasteiger partial charge is 0.305 e. The fourth-order valence-corrected chi connectivity index (χ4v) is 4.68. The Bertz CT molecular complexity index is 627. The summed E-state index contributed by atoms with van der Waals surface area (Å²) in [7, 11) is -3.79. The van der Waals surface area contributed by atoms with Crippen molar-refractivity contribution < 1.29 is 18.3 Å². The van der Waals surface area contributed by atoms with E-state index in [9.17, 15) is 13.2 Å². The Hall–Kier alpha value is -0.990. The molecule has 0 atom stereocenters. The van der Waals surface area contributed by atoms with Crippen molar-refractivity contribution in [3.8, 4) is 0 Å². The summed E-state index contributed by atoms with van der Waals surface area (Å²) in [5.41, 5.74) is -0.898. The number of sulfonamides is 1. The molecule has 1 aliphatic rings. The van der Waals surface area contributed by atoms with E-state index in [1.165, 1.54) is 18.5 Å². The molecule has 0 bridgehead atoms. The highest BCUT2D eigenvalue weighted by Crippen LogP contribution is 2.32. The van der Waals surface area contributed by atoms with Gasteiger partial charge in [-0.25, -0.2) is 13.1 Å².